The predicted octanol–water partition coefficient (Wildman–Crippen LogP) is 3.83. The smallest absolute Gasteiger partial charge is 0.193 e. The molecule has 0 radical (unpaired) electrons. The number of nitrogens with one attached hydrogen (secondary N) is 1. The van der Waals surface area contributed by atoms with Gasteiger partial charge in [0.05, 0.1) is 11.4 Å². The van der Waals surface area contributed by atoms with Crippen molar-refractivity contribution in [3.05, 3.63) is 83.9 Å². The van der Waals surface area contributed by atoms with Gasteiger partial charge >= 0.3 is 0 Å². The Hall–Kier alpha value is -3.27. The summed E-state index contributed by atoms with van der Waals surface area (Å²) in [5.74, 6) is 0.00384. The fourth-order valence-electron chi connectivity index (χ4n) is 2.31. The molecule has 0 saturated carbocycles. The van der Waals surface area contributed by atoms with E-state index < -0.39 is 0 Å². The van der Waals surface area contributed by atoms with E-state index in [1.165, 1.54) is 0 Å². The van der Waals surface area contributed by atoms with Gasteiger partial charge < -0.3 is 16.8 Å². The lowest BCUT2D eigenvalue weighted by molar-refractivity contribution is 0.103. The van der Waals surface area contributed by atoms with Crippen LogP contribution >= 0.6 is 0 Å². The molecule has 0 unspecified atom stereocenters. The number of hydrogen-bond acceptors (Lipinski definition) is 4. The average Bonchev–Trinajstić information content (AvgIpc) is 2.58. The van der Waals surface area contributed by atoms with E-state index in [1.54, 1.807) is 24.3 Å². The number of carbonyl (C=O) groups is 1. The molecule has 0 fully saturated rings. The second-order valence-corrected chi connectivity index (χ2v) is 5.24. The predicted molar refractivity (Wildman–Crippen MR) is 94.9 cm³/mol. The molecule has 4 nitrogen and oxygen atoms in total. The van der Waals surface area contributed by atoms with Gasteiger partial charge in [0.25, 0.3) is 0 Å². The zero-order valence-corrected chi connectivity index (χ0v) is 12.5. The van der Waals surface area contributed by atoms with Crippen LogP contribution in [0, 0.1) is 0 Å². The number of anilines is 4. The summed E-state index contributed by atoms with van der Waals surface area (Å²) in [6.07, 6.45) is 0. The SMILES string of the molecule is Nc1ccc(Nc2ccc(C(=O)c3ccccc3)cc2)c(N)c1. The normalized spacial score (nSPS) is 10.3. The maximum absolute atomic E-state index is 12.4. The van der Waals surface area contributed by atoms with Crippen molar-refractivity contribution in [2.45, 2.75) is 0 Å². The highest BCUT2D eigenvalue weighted by Crippen LogP contribution is 2.25. The van der Waals surface area contributed by atoms with E-state index in [0.29, 0.717) is 22.5 Å². The largest absolute Gasteiger partial charge is 0.399 e. The van der Waals surface area contributed by atoms with Gasteiger partial charge in [-0.2, -0.15) is 0 Å². The van der Waals surface area contributed by atoms with Crippen molar-refractivity contribution >= 4 is 28.5 Å². The topological polar surface area (TPSA) is 81.1 Å². The molecule has 23 heavy (non-hydrogen) atoms. The van der Waals surface area contributed by atoms with E-state index in [-0.39, 0.29) is 5.78 Å². The minimum atomic E-state index is 0.00384. The summed E-state index contributed by atoms with van der Waals surface area (Å²) >= 11 is 0. The molecule has 4 heteroatoms. The molecule has 0 bridgehead atoms. The Morgan fingerprint density at radius 1 is 0.783 bits per heavy atom. The number of nitrogen functional groups attached to an aromatic ring is 2. The summed E-state index contributed by atoms with van der Waals surface area (Å²) in [5.41, 5.74) is 15.8. The van der Waals surface area contributed by atoms with Crippen molar-refractivity contribution in [2.75, 3.05) is 16.8 Å². The molecule has 0 saturated heterocycles. The molecule has 0 aliphatic carbocycles. The minimum absolute atomic E-state index is 0.00384. The molecule has 114 valence electrons. The molecule has 0 aliphatic heterocycles. The van der Waals surface area contributed by atoms with Gasteiger partial charge in [-0.25, -0.2) is 0 Å². The average molecular weight is 303 g/mol. The first kappa shape index (κ1) is 14.7. The third kappa shape index (κ3) is 3.32. The minimum Gasteiger partial charge on any atom is -0.399 e. The molecule has 0 amide bonds. The van der Waals surface area contributed by atoms with Crippen molar-refractivity contribution in [1.29, 1.82) is 0 Å². The number of rotatable bonds is 4. The van der Waals surface area contributed by atoms with Crippen molar-refractivity contribution in [3.8, 4) is 0 Å². The molecule has 5 N–H and O–H groups in total. The Bertz CT molecular complexity index is 827. The van der Waals surface area contributed by atoms with E-state index in [1.807, 2.05) is 48.5 Å². The van der Waals surface area contributed by atoms with Gasteiger partial charge in [-0.3, -0.25) is 4.79 Å². The zero-order valence-electron chi connectivity index (χ0n) is 12.5. The summed E-state index contributed by atoms with van der Waals surface area (Å²) in [6.45, 7) is 0. The lowest BCUT2D eigenvalue weighted by Crippen LogP contribution is -2.01. The molecule has 0 aliphatic rings. The maximum Gasteiger partial charge on any atom is 0.193 e. The number of hydrogen-bond donors (Lipinski definition) is 3. The summed E-state index contributed by atoms with van der Waals surface area (Å²) in [5, 5.41) is 3.21. The molecule has 3 aromatic carbocycles. The maximum atomic E-state index is 12.4. The molecular weight excluding hydrogens is 286 g/mol. The standard InChI is InChI=1S/C19H17N3O/c20-15-8-11-18(17(21)12-15)22-16-9-6-14(7-10-16)19(23)13-4-2-1-3-5-13/h1-12,22H,20-21H2. The van der Waals surface area contributed by atoms with Gasteiger partial charge in [0, 0.05) is 22.5 Å². The van der Waals surface area contributed by atoms with Gasteiger partial charge in [0.2, 0.25) is 0 Å². The first-order chi connectivity index (χ1) is 11.1. The van der Waals surface area contributed by atoms with Crippen molar-refractivity contribution in [1.82, 2.24) is 0 Å². The van der Waals surface area contributed by atoms with Crippen LogP contribution < -0.4 is 16.8 Å². The Kier molecular flexibility index (Phi) is 3.97. The van der Waals surface area contributed by atoms with Gasteiger partial charge in [-0.15, -0.1) is 0 Å². The van der Waals surface area contributed by atoms with E-state index in [2.05, 4.69) is 5.32 Å². The van der Waals surface area contributed by atoms with Crippen LogP contribution in [0.4, 0.5) is 22.7 Å². The van der Waals surface area contributed by atoms with Crippen LogP contribution in [0.25, 0.3) is 0 Å². The van der Waals surface area contributed by atoms with E-state index in [9.17, 15) is 4.79 Å². The zero-order chi connectivity index (χ0) is 16.2. The summed E-state index contributed by atoms with van der Waals surface area (Å²) in [7, 11) is 0. The van der Waals surface area contributed by atoms with E-state index in [4.69, 9.17) is 11.5 Å². The van der Waals surface area contributed by atoms with Crippen molar-refractivity contribution in [2.24, 2.45) is 0 Å². The first-order valence-corrected chi connectivity index (χ1v) is 7.25. The van der Waals surface area contributed by atoms with Crippen LogP contribution in [0.3, 0.4) is 0 Å². The number of benzene rings is 3. The van der Waals surface area contributed by atoms with Gasteiger partial charge in [-0.05, 0) is 42.5 Å². The highest BCUT2D eigenvalue weighted by Gasteiger charge is 2.08. The highest BCUT2D eigenvalue weighted by molar-refractivity contribution is 6.09. The molecular formula is C19H17N3O. The Morgan fingerprint density at radius 2 is 1.43 bits per heavy atom. The highest BCUT2D eigenvalue weighted by atomic mass is 16.1. The van der Waals surface area contributed by atoms with Crippen LogP contribution in [-0.4, -0.2) is 5.78 Å². The quantitative estimate of drug-likeness (QED) is 0.505. The van der Waals surface area contributed by atoms with Crippen molar-refractivity contribution < 1.29 is 4.79 Å². The second-order valence-electron chi connectivity index (χ2n) is 5.24. The molecule has 0 heterocycles. The van der Waals surface area contributed by atoms with Crippen LogP contribution in [-0.2, 0) is 0 Å². The number of ketones is 1. The fourth-order valence-corrected chi connectivity index (χ4v) is 2.31. The Balaban J connectivity index is 1.78. The lowest BCUT2D eigenvalue weighted by Gasteiger charge is -2.10. The third-order valence-corrected chi connectivity index (χ3v) is 3.54. The molecule has 0 atom stereocenters. The van der Waals surface area contributed by atoms with Gasteiger partial charge in [0.15, 0.2) is 5.78 Å². The van der Waals surface area contributed by atoms with Crippen LogP contribution in [0.5, 0.6) is 0 Å². The summed E-state index contributed by atoms with van der Waals surface area (Å²) in [4.78, 5) is 12.4. The van der Waals surface area contributed by atoms with Gasteiger partial charge in [0.1, 0.15) is 0 Å². The molecule has 3 aromatic rings. The summed E-state index contributed by atoms with van der Waals surface area (Å²) < 4.78 is 0. The second kappa shape index (κ2) is 6.23. The van der Waals surface area contributed by atoms with E-state index in [0.717, 1.165) is 11.4 Å². The number of carbonyl (C=O) groups excluding carboxylic acids is 1. The molecule has 0 aromatic heterocycles. The molecule has 0 spiro atoms. The van der Waals surface area contributed by atoms with Crippen LogP contribution in [0.15, 0.2) is 72.8 Å². The van der Waals surface area contributed by atoms with Crippen LogP contribution in [0.2, 0.25) is 0 Å². The van der Waals surface area contributed by atoms with Gasteiger partial charge in [-0.1, -0.05) is 30.3 Å². The van der Waals surface area contributed by atoms with Crippen molar-refractivity contribution in [3.63, 3.8) is 0 Å². The lowest BCUT2D eigenvalue weighted by atomic mass is 10.0. The van der Waals surface area contributed by atoms with E-state index >= 15 is 0 Å². The number of nitrogens with two attached hydrogens (primary N) is 2. The Morgan fingerprint density at radius 3 is 2.09 bits per heavy atom. The summed E-state index contributed by atoms with van der Waals surface area (Å²) in [6, 6.07) is 21.8. The Labute approximate surface area is 134 Å². The third-order valence-electron chi connectivity index (χ3n) is 3.54. The first-order valence-electron chi connectivity index (χ1n) is 7.25. The van der Waals surface area contributed by atoms with Crippen LogP contribution in [0.1, 0.15) is 15.9 Å². The monoisotopic (exact) mass is 303 g/mol. The molecule has 3 rings (SSSR count). The fraction of sp³-hybridized carbons (Fsp3) is 0.